The highest BCUT2D eigenvalue weighted by Gasteiger charge is 2.22. The van der Waals surface area contributed by atoms with Gasteiger partial charge in [-0.05, 0) is 36.8 Å². The fraction of sp³-hybridized carbons (Fsp3) is 0.333. The highest BCUT2D eigenvalue weighted by atomic mass is 16.4. The minimum Gasteiger partial charge on any atom is -0.480 e. The van der Waals surface area contributed by atoms with Crippen molar-refractivity contribution in [3.63, 3.8) is 0 Å². The number of carbonyl (C=O) groups excluding carboxylic acids is 2. The van der Waals surface area contributed by atoms with Crippen molar-refractivity contribution in [2.45, 2.75) is 44.6 Å². The number of benzene rings is 2. The number of carboxylic acid groups (broad SMARTS) is 1. The molecule has 0 aliphatic heterocycles. The van der Waals surface area contributed by atoms with Gasteiger partial charge >= 0.3 is 5.97 Å². The predicted molar refractivity (Wildman–Crippen MR) is 122 cm³/mol. The second kappa shape index (κ2) is 12.9. The van der Waals surface area contributed by atoms with Crippen LogP contribution >= 0.6 is 0 Å². The van der Waals surface area contributed by atoms with Crippen molar-refractivity contribution < 1.29 is 19.5 Å². The first-order valence-corrected chi connectivity index (χ1v) is 10.6. The zero-order valence-corrected chi connectivity index (χ0v) is 18.0. The first-order chi connectivity index (χ1) is 15.3. The summed E-state index contributed by atoms with van der Waals surface area (Å²) in [5.41, 5.74) is 8.24. The molecule has 0 aliphatic rings. The zero-order valence-electron chi connectivity index (χ0n) is 18.0. The van der Waals surface area contributed by atoms with Crippen LogP contribution in [0.3, 0.4) is 0 Å². The van der Waals surface area contributed by atoms with Crippen molar-refractivity contribution in [2.75, 3.05) is 6.54 Å². The topological polar surface area (TPSA) is 145 Å². The molecule has 0 spiro atoms. The molecule has 8 heteroatoms. The van der Waals surface area contributed by atoms with E-state index in [1.54, 1.807) is 12.1 Å². The molecule has 2 rings (SSSR count). The van der Waals surface area contributed by atoms with E-state index in [0.29, 0.717) is 24.9 Å². The average Bonchev–Trinajstić information content (AvgIpc) is 2.77. The number of nitrogen functional groups attached to an aromatic ring is 1. The van der Waals surface area contributed by atoms with Crippen LogP contribution in [0.25, 0.3) is 0 Å². The molecular weight excluding hydrogens is 408 g/mol. The molecule has 8 nitrogen and oxygen atoms in total. The van der Waals surface area contributed by atoms with Crippen LogP contribution in [0.1, 0.15) is 42.4 Å². The van der Waals surface area contributed by atoms with Crippen LogP contribution < -0.4 is 16.4 Å². The molecule has 0 saturated carbocycles. The van der Waals surface area contributed by atoms with Crippen molar-refractivity contribution >= 4 is 23.6 Å². The summed E-state index contributed by atoms with van der Waals surface area (Å²) in [6.07, 6.45) is 2.63. The third-order valence-corrected chi connectivity index (χ3v) is 4.99. The number of carboxylic acids is 1. The van der Waals surface area contributed by atoms with Crippen molar-refractivity contribution in [3.8, 4) is 0 Å². The van der Waals surface area contributed by atoms with Gasteiger partial charge in [0.1, 0.15) is 11.9 Å². The van der Waals surface area contributed by atoms with Gasteiger partial charge in [-0.2, -0.15) is 0 Å². The van der Waals surface area contributed by atoms with Gasteiger partial charge in [0, 0.05) is 18.5 Å². The lowest BCUT2D eigenvalue weighted by Gasteiger charge is -2.14. The number of amides is 2. The Kier molecular flexibility index (Phi) is 9.90. The van der Waals surface area contributed by atoms with E-state index in [2.05, 4.69) is 10.6 Å². The Morgan fingerprint density at radius 2 is 1.56 bits per heavy atom. The van der Waals surface area contributed by atoms with E-state index in [0.717, 1.165) is 24.0 Å². The number of unbranched alkanes of at least 4 members (excludes halogenated alkanes) is 1. The monoisotopic (exact) mass is 438 g/mol. The summed E-state index contributed by atoms with van der Waals surface area (Å²) in [4.78, 5) is 35.6. The van der Waals surface area contributed by atoms with Crippen LogP contribution in [0, 0.1) is 5.41 Å². The largest absolute Gasteiger partial charge is 0.480 e. The van der Waals surface area contributed by atoms with E-state index in [1.807, 2.05) is 42.5 Å². The summed E-state index contributed by atoms with van der Waals surface area (Å²) < 4.78 is 0. The molecule has 0 aromatic heterocycles. The van der Waals surface area contributed by atoms with Crippen molar-refractivity contribution in [1.82, 2.24) is 10.6 Å². The molecule has 0 radical (unpaired) electrons. The van der Waals surface area contributed by atoms with Crippen LogP contribution in [0.5, 0.6) is 0 Å². The van der Waals surface area contributed by atoms with Crippen molar-refractivity contribution in [3.05, 3.63) is 71.3 Å². The Hall–Kier alpha value is -3.68. The minimum absolute atomic E-state index is 0.0195. The molecule has 1 atom stereocenters. The first-order valence-electron chi connectivity index (χ1n) is 10.6. The molecule has 0 bridgehead atoms. The van der Waals surface area contributed by atoms with Gasteiger partial charge in [-0.1, -0.05) is 54.6 Å². The maximum absolute atomic E-state index is 12.1. The lowest BCUT2D eigenvalue weighted by atomic mass is 10.0. The molecule has 6 N–H and O–H groups in total. The van der Waals surface area contributed by atoms with Gasteiger partial charge in [0.25, 0.3) is 0 Å². The summed E-state index contributed by atoms with van der Waals surface area (Å²) >= 11 is 0. The van der Waals surface area contributed by atoms with E-state index in [-0.39, 0.29) is 24.6 Å². The molecule has 170 valence electrons. The maximum Gasteiger partial charge on any atom is 0.326 e. The Morgan fingerprint density at radius 3 is 2.19 bits per heavy atom. The quantitative estimate of drug-likeness (QED) is 0.184. The van der Waals surface area contributed by atoms with Gasteiger partial charge in [-0.15, -0.1) is 0 Å². The second-order valence-electron chi connectivity index (χ2n) is 7.57. The Bertz CT molecular complexity index is 913. The zero-order chi connectivity index (χ0) is 23.3. The van der Waals surface area contributed by atoms with Crippen molar-refractivity contribution in [2.24, 2.45) is 5.73 Å². The fourth-order valence-corrected chi connectivity index (χ4v) is 3.18. The Balaban J connectivity index is 1.67. The van der Waals surface area contributed by atoms with Gasteiger partial charge in [-0.25, -0.2) is 4.79 Å². The lowest BCUT2D eigenvalue weighted by molar-refractivity contribution is -0.143. The average molecular weight is 439 g/mol. The number of nitrogens with one attached hydrogen (secondary N) is 3. The number of rotatable bonds is 13. The van der Waals surface area contributed by atoms with E-state index in [9.17, 15) is 19.5 Å². The summed E-state index contributed by atoms with van der Waals surface area (Å²) in [5, 5.41) is 21.9. The number of amidine groups is 1. The van der Waals surface area contributed by atoms with Crippen LogP contribution in [-0.2, 0) is 27.2 Å². The van der Waals surface area contributed by atoms with Crippen molar-refractivity contribution in [1.29, 1.82) is 5.41 Å². The normalized spacial score (nSPS) is 11.4. The molecule has 0 heterocycles. The van der Waals surface area contributed by atoms with Crippen LogP contribution in [0.2, 0.25) is 0 Å². The fourth-order valence-electron chi connectivity index (χ4n) is 3.18. The number of aliphatic carboxylic acids is 1. The summed E-state index contributed by atoms with van der Waals surface area (Å²) in [7, 11) is 0. The van der Waals surface area contributed by atoms with E-state index in [1.165, 1.54) is 0 Å². The van der Waals surface area contributed by atoms with Gasteiger partial charge in [0.05, 0.1) is 6.42 Å². The highest BCUT2D eigenvalue weighted by Crippen LogP contribution is 2.09. The second-order valence-corrected chi connectivity index (χ2v) is 7.57. The third-order valence-electron chi connectivity index (χ3n) is 4.99. The molecule has 0 aliphatic carbocycles. The van der Waals surface area contributed by atoms with E-state index >= 15 is 0 Å². The minimum atomic E-state index is -1.25. The maximum atomic E-state index is 12.1. The molecule has 2 amide bonds. The Morgan fingerprint density at radius 1 is 0.906 bits per heavy atom. The number of aryl methyl sites for hydroxylation is 1. The molecule has 0 saturated heterocycles. The standard InChI is InChI=1S/C24H30N4O4/c25-23(26)19-12-10-18(11-13-19)8-4-5-9-21(29)28-20(24(31)32)16-22(30)27-15-14-17-6-2-1-3-7-17/h1-3,6-7,10-13,20H,4-5,8-9,14-16H2,(H3,25,26)(H,27,30)(H,28,29)(H,31,32)/t20-/m0/s1. The number of hydrogen-bond acceptors (Lipinski definition) is 4. The third kappa shape index (κ3) is 8.99. The van der Waals surface area contributed by atoms with Crippen LogP contribution in [0.15, 0.2) is 54.6 Å². The summed E-state index contributed by atoms with van der Waals surface area (Å²) in [6.45, 7) is 0.399. The molecule has 32 heavy (non-hydrogen) atoms. The van der Waals surface area contributed by atoms with Gasteiger partial charge in [0.2, 0.25) is 11.8 Å². The lowest BCUT2D eigenvalue weighted by Crippen LogP contribution is -2.44. The van der Waals surface area contributed by atoms with Crippen LogP contribution in [-0.4, -0.2) is 41.3 Å². The smallest absolute Gasteiger partial charge is 0.326 e. The van der Waals surface area contributed by atoms with E-state index in [4.69, 9.17) is 11.1 Å². The molecule has 0 fully saturated rings. The predicted octanol–water partition coefficient (Wildman–Crippen LogP) is 2.00. The first kappa shape index (κ1) is 24.6. The molecule has 0 unspecified atom stereocenters. The Labute approximate surface area is 187 Å². The number of nitrogens with two attached hydrogens (primary N) is 1. The number of hydrogen-bond donors (Lipinski definition) is 5. The van der Waals surface area contributed by atoms with Gasteiger partial charge in [-0.3, -0.25) is 15.0 Å². The summed E-state index contributed by atoms with van der Waals surface area (Å²) in [6, 6.07) is 15.8. The molecule has 2 aromatic carbocycles. The highest BCUT2D eigenvalue weighted by molar-refractivity contribution is 5.94. The summed E-state index contributed by atoms with van der Waals surface area (Å²) in [5.74, 6) is -2.02. The number of carbonyl (C=O) groups is 3. The van der Waals surface area contributed by atoms with Crippen LogP contribution in [0.4, 0.5) is 0 Å². The molecule has 2 aromatic rings. The van der Waals surface area contributed by atoms with Gasteiger partial charge < -0.3 is 21.5 Å². The van der Waals surface area contributed by atoms with Gasteiger partial charge in [0.15, 0.2) is 0 Å². The molecular formula is C24H30N4O4. The van der Waals surface area contributed by atoms with E-state index < -0.39 is 17.9 Å². The SMILES string of the molecule is N=C(N)c1ccc(CCCCC(=O)N[C@@H](CC(=O)NCCc2ccccc2)C(=O)O)cc1.